The molecule has 0 aliphatic rings. The zero-order valence-electron chi connectivity index (χ0n) is 18.8. The molecule has 0 radical (unpaired) electrons. The number of nitrogens with two attached hydrogens (primary N) is 1. The van der Waals surface area contributed by atoms with E-state index >= 15 is 0 Å². The van der Waals surface area contributed by atoms with Crippen LogP contribution < -0.4 is 15.8 Å². The van der Waals surface area contributed by atoms with E-state index in [2.05, 4.69) is 21.8 Å². The molecular weight excluding hydrogens is 418 g/mol. The second-order valence-corrected chi connectivity index (χ2v) is 7.48. The zero-order valence-corrected chi connectivity index (χ0v) is 18.8. The summed E-state index contributed by atoms with van der Waals surface area (Å²) in [5, 5.41) is 12.2. The Hall–Kier alpha value is -4.38. The minimum Gasteiger partial charge on any atom is -0.439 e. The van der Waals surface area contributed by atoms with E-state index in [1.807, 2.05) is 26.0 Å². The summed E-state index contributed by atoms with van der Waals surface area (Å²) in [6.07, 6.45) is 4.02. The molecule has 0 fully saturated rings. The van der Waals surface area contributed by atoms with E-state index in [-0.39, 0.29) is 11.5 Å². The quantitative estimate of drug-likeness (QED) is 0.396. The monoisotopic (exact) mass is 443 g/mol. The maximum absolute atomic E-state index is 12.6. The van der Waals surface area contributed by atoms with E-state index in [0.29, 0.717) is 17.0 Å². The SMILES string of the molecule is CCCn1c(C)cc(/C=C(/C#N)C(=O)Nc2ccc(Oc3cccc(C(N)=O)c3)nc2)c1C. The van der Waals surface area contributed by atoms with Gasteiger partial charge in [-0.2, -0.15) is 5.26 Å². The van der Waals surface area contributed by atoms with Crippen molar-refractivity contribution in [3.63, 3.8) is 0 Å². The molecule has 3 aromatic rings. The van der Waals surface area contributed by atoms with Crippen molar-refractivity contribution in [3.8, 4) is 17.7 Å². The molecular formula is C25H25N5O3. The van der Waals surface area contributed by atoms with Gasteiger partial charge < -0.3 is 20.4 Å². The molecule has 1 aromatic carbocycles. The van der Waals surface area contributed by atoms with Crippen LogP contribution in [0.5, 0.6) is 11.6 Å². The average Bonchev–Trinajstić information content (AvgIpc) is 3.06. The summed E-state index contributed by atoms with van der Waals surface area (Å²) in [6.45, 7) is 6.96. The molecule has 0 saturated heterocycles. The lowest BCUT2D eigenvalue weighted by Gasteiger charge is -2.08. The number of anilines is 1. The Labute approximate surface area is 192 Å². The summed E-state index contributed by atoms with van der Waals surface area (Å²) in [4.78, 5) is 28.1. The van der Waals surface area contributed by atoms with Crippen LogP contribution in [0.1, 0.15) is 40.7 Å². The summed E-state index contributed by atoms with van der Waals surface area (Å²) in [6, 6.07) is 13.5. The summed E-state index contributed by atoms with van der Waals surface area (Å²) < 4.78 is 7.79. The Morgan fingerprint density at radius 1 is 1.24 bits per heavy atom. The zero-order chi connectivity index (χ0) is 24.0. The molecule has 3 N–H and O–H groups in total. The molecule has 0 aliphatic carbocycles. The number of carbonyl (C=O) groups excluding carboxylic acids is 2. The van der Waals surface area contributed by atoms with Gasteiger partial charge in [-0.15, -0.1) is 0 Å². The fourth-order valence-corrected chi connectivity index (χ4v) is 3.39. The molecule has 33 heavy (non-hydrogen) atoms. The van der Waals surface area contributed by atoms with Gasteiger partial charge >= 0.3 is 0 Å². The number of hydrogen-bond donors (Lipinski definition) is 2. The molecule has 0 atom stereocenters. The third-order valence-corrected chi connectivity index (χ3v) is 5.06. The lowest BCUT2D eigenvalue weighted by Crippen LogP contribution is -2.13. The second kappa shape index (κ2) is 10.3. The van der Waals surface area contributed by atoms with Crippen molar-refractivity contribution in [2.45, 2.75) is 33.7 Å². The molecule has 168 valence electrons. The summed E-state index contributed by atoms with van der Waals surface area (Å²) >= 11 is 0. The van der Waals surface area contributed by atoms with Gasteiger partial charge in [-0.25, -0.2) is 4.98 Å². The van der Waals surface area contributed by atoms with Gasteiger partial charge in [-0.1, -0.05) is 13.0 Å². The first kappa shape index (κ1) is 23.3. The molecule has 8 heteroatoms. The van der Waals surface area contributed by atoms with Crippen molar-refractivity contribution in [2.24, 2.45) is 5.73 Å². The molecule has 0 spiro atoms. The molecule has 2 amide bonds. The maximum atomic E-state index is 12.6. The highest BCUT2D eigenvalue weighted by Crippen LogP contribution is 2.22. The molecule has 3 rings (SSSR count). The van der Waals surface area contributed by atoms with E-state index in [0.717, 1.165) is 29.9 Å². The van der Waals surface area contributed by atoms with Crippen LogP contribution in [-0.4, -0.2) is 21.4 Å². The smallest absolute Gasteiger partial charge is 0.266 e. The van der Waals surface area contributed by atoms with Crippen molar-refractivity contribution < 1.29 is 14.3 Å². The first-order valence-corrected chi connectivity index (χ1v) is 10.5. The van der Waals surface area contributed by atoms with Crippen LogP contribution in [0.15, 0.2) is 54.2 Å². The predicted octanol–water partition coefficient (Wildman–Crippen LogP) is 4.35. The van der Waals surface area contributed by atoms with Crippen LogP contribution in [0.4, 0.5) is 5.69 Å². The van der Waals surface area contributed by atoms with Gasteiger partial charge in [-0.3, -0.25) is 9.59 Å². The highest BCUT2D eigenvalue weighted by Gasteiger charge is 2.13. The Bertz CT molecular complexity index is 1250. The topological polar surface area (TPSA) is 123 Å². The van der Waals surface area contributed by atoms with E-state index in [4.69, 9.17) is 10.5 Å². The Morgan fingerprint density at radius 3 is 2.67 bits per heavy atom. The van der Waals surface area contributed by atoms with E-state index < -0.39 is 11.8 Å². The standard InChI is InChI=1S/C25H25N5O3/c1-4-10-30-16(2)11-19(17(30)3)12-20(14-26)25(32)29-21-8-9-23(28-15-21)33-22-7-5-6-18(13-22)24(27)31/h5-9,11-13,15H,4,10H2,1-3H3,(H2,27,31)(H,29,32)/b20-12-. The van der Waals surface area contributed by atoms with Gasteiger partial charge in [0.15, 0.2) is 0 Å². The second-order valence-electron chi connectivity index (χ2n) is 7.48. The van der Waals surface area contributed by atoms with Gasteiger partial charge in [0, 0.05) is 29.6 Å². The van der Waals surface area contributed by atoms with Crippen LogP contribution >= 0.6 is 0 Å². The number of nitriles is 1. The highest BCUT2D eigenvalue weighted by atomic mass is 16.5. The molecule has 0 aliphatic heterocycles. The molecule has 0 bridgehead atoms. The maximum Gasteiger partial charge on any atom is 0.266 e. The van der Waals surface area contributed by atoms with E-state index in [9.17, 15) is 14.9 Å². The predicted molar refractivity (Wildman–Crippen MR) is 126 cm³/mol. The summed E-state index contributed by atoms with van der Waals surface area (Å²) in [7, 11) is 0. The van der Waals surface area contributed by atoms with Crippen molar-refractivity contribution in [3.05, 3.63) is 76.7 Å². The lowest BCUT2D eigenvalue weighted by atomic mass is 10.1. The van der Waals surface area contributed by atoms with Gasteiger partial charge in [0.05, 0.1) is 11.9 Å². The normalized spacial score (nSPS) is 11.0. The van der Waals surface area contributed by atoms with E-state index in [1.54, 1.807) is 36.4 Å². The number of nitrogens with one attached hydrogen (secondary N) is 1. The van der Waals surface area contributed by atoms with Crippen LogP contribution in [0, 0.1) is 25.2 Å². The number of aromatic nitrogens is 2. The number of rotatable bonds is 8. The number of benzene rings is 1. The van der Waals surface area contributed by atoms with Crippen LogP contribution in [0.2, 0.25) is 0 Å². The number of ether oxygens (including phenoxy) is 1. The number of pyridine rings is 1. The first-order chi connectivity index (χ1) is 15.8. The van der Waals surface area contributed by atoms with Crippen molar-refractivity contribution in [1.82, 2.24) is 9.55 Å². The highest BCUT2D eigenvalue weighted by molar-refractivity contribution is 6.09. The number of amides is 2. The van der Waals surface area contributed by atoms with Crippen molar-refractivity contribution in [2.75, 3.05) is 5.32 Å². The molecule has 0 unspecified atom stereocenters. The number of primary amides is 1. The average molecular weight is 444 g/mol. The Morgan fingerprint density at radius 2 is 2.03 bits per heavy atom. The van der Waals surface area contributed by atoms with E-state index in [1.165, 1.54) is 12.3 Å². The number of hydrogen-bond acceptors (Lipinski definition) is 5. The fourth-order valence-electron chi connectivity index (χ4n) is 3.39. The Balaban J connectivity index is 1.71. The molecule has 2 aromatic heterocycles. The number of nitrogens with zero attached hydrogens (tertiary/aromatic N) is 3. The van der Waals surface area contributed by atoms with Gasteiger partial charge in [-0.05, 0) is 62.2 Å². The minimum atomic E-state index is -0.555. The molecule has 8 nitrogen and oxygen atoms in total. The van der Waals surface area contributed by atoms with Crippen LogP contribution in [0.3, 0.4) is 0 Å². The third-order valence-electron chi connectivity index (χ3n) is 5.06. The Kier molecular flexibility index (Phi) is 7.26. The summed E-state index contributed by atoms with van der Waals surface area (Å²) in [5.41, 5.74) is 8.94. The van der Waals surface area contributed by atoms with Gasteiger partial charge in [0.1, 0.15) is 17.4 Å². The first-order valence-electron chi connectivity index (χ1n) is 10.5. The van der Waals surface area contributed by atoms with Crippen LogP contribution in [-0.2, 0) is 11.3 Å². The van der Waals surface area contributed by atoms with Gasteiger partial charge in [0.25, 0.3) is 5.91 Å². The number of aryl methyl sites for hydroxylation is 1. The van der Waals surface area contributed by atoms with Crippen molar-refractivity contribution in [1.29, 1.82) is 5.26 Å². The lowest BCUT2D eigenvalue weighted by molar-refractivity contribution is -0.112. The van der Waals surface area contributed by atoms with Crippen molar-refractivity contribution >= 4 is 23.6 Å². The van der Waals surface area contributed by atoms with Gasteiger partial charge in [0.2, 0.25) is 11.8 Å². The molecule has 0 saturated carbocycles. The number of carbonyl (C=O) groups is 2. The largest absolute Gasteiger partial charge is 0.439 e. The van der Waals surface area contributed by atoms with Crippen LogP contribution in [0.25, 0.3) is 6.08 Å². The summed E-state index contributed by atoms with van der Waals surface area (Å²) in [5.74, 6) is -0.400. The fraction of sp³-hybridized carbons (Fsp3) is 0.200. The minimum absolute atomic E-state index is 0.00431. The molecule has 2 heterocycles. The third kappa shape index (κ3) is 5.66.